The molecule has 1 aliphatic carbocycles. The third kappa shape index (κ3) is 1.89. The Morgan fingerprint density at radius 1 is 1.31 bits per heavy atom. The summed E-state index contributed by atoms with van der Waals surface area (Å²) in [4.78, 5) is 2.45. The first-order chi connectivity index (χ1) is 6.27. The minimum absolute atomic E-state index is 0.704. The summed E-state index contributed by atoms with van der Waals surface area (Å²) < 4.78 is 0. The topological polar surface area (TPSA) is 29.3 Å². The zero-order chi connectivity index (χ0) is 9.31. The molecule has 76 valence electrons. The van der Waals surface area contributed by atoms with Crippen molar-refractivity contribution in [2.75, 3.05) is 26.7 Å². The maximum Gasteiger partial charge on any atom is -0.00189 e. The molecule has 1 aliphatic heterocycles. The highest BCUT2D eigenvalue weighted by atomic mass is 15.1. The highest BCUT2D eigenvalue weighted by Gasteiger charge is 2.48. The van der Waals surface area contributed by atoms with E-state index in [1.54, 1.807) is 0 Å². The second-order valence-electron chi connectivity index (χ2n) is 4.98. The molecule has 0 aromatic carbocycles. The third-order valence-corrected chi connectivity index (χ3v) is 4.12. The molecule has 1 saturated heterocycles. The van der Waals surface area contributed by atoms with Gasteiger partial charge in [-0.05, 0) is 70.1 Å². The molecule has 0 aromatic heterocycles. The summed E-state index contributed by atoms with van der Waals surface area (Å²) in [5, 5.41) is 0. The molecule has 0 radical (unpaired) electrons. The number of nitrogens with two attached hydrogens (primary N) is 1. The van der Waals surface area contributed by atoms with Crippen LogP contribution in [-0.2, 0) is 0 Å². The Labute approximate surface area is 81.5 Å². The fourth-order valence-electron chi connectivity index (χ4n) is 2.93. The Balaban J connectivity index is 1.87. The number of nitrogens with zero attached hydrogens (tertiary/aromatic N) is 1. The first kappa shape index (κ1) is 9.47. The highest BCUT2D eigenvalue weighted by molar-refractivity contribution is 4.99. The van der Waals surface area contributed by atoms with Crippen LogP contribution in [0.3, 0.4) is 0 Å². The van der Waals surface area contributed by atoms with E-state index in [1.165, 1.54) is 45.2 Å². The van der Waals surface area contributed by atoms with Crippen molar-refractivity contribution in [2.24, 2.45) is 17.1 Å². The predicted octanol–water partition coefficient (Wildman–Crippen LogP) is 1.46. The number of piperidine rings is 1. The lowest BCUT2D eigenvalue weighted by Crippen LogP contribution is -2.34. The molecule has 2 aliphatic rings. The van der Waals surface area contributed by atoms with Crippen LogP contribution in [0.1, 0.15) is 32.1 Å². The van der Waals surface area contributed by atoms with Crippen LogP contribution in [0, 0.1) is 11.3 Å². The van der Waals surface area contributed by atoms with E-state index in [4.69, 9.17) is 5.73 Å². The summed E-state index contributed by atoms with van der Waals surface area (Å²) in [6.07, 6.45) is 7.02. The van der Waals surface area contributed by atoms with Crippen molar-refractivity contribution in [2.45, 2.75) is 32.1 Å². The molecule has 2 heteroatoms. The lowest BCUT2D eigenvalue weighted by atomic mass is 9.79. The average Bonchev–Trinajstić information content (AvgIpc) is 2.87. The van der Waals surface area contributed by atoms with Gasteiger partial charge in [0.25, 0.3) is 0 Å². The van der Waals surface area contributed by atoms with Crippen LogP contribution in [0.4, 0.5) is 0 Å². The zero-order valence-electron chi connectivity index (χ0n) is 8.76. The van der Waals surface area contributed by atoms with Gasteiger partial charge >= 0.3 is 0 Å². The van der Waals surface area contributed by atoms with Gasteiger partial charge < -0.3 is 10.6 Å². The number of hydrogen-bond donors (Lipinski definition) is 1. The molecule has 2 fully saturated rings. The van der Waals surface area contributed by atoms with Crippen molar-refractivity contribution in [1.82, 2.24) is 4.90 Å². The Morgan fingerprint density at radius 2 is 1.92 bits per heavy atom. The van der Waals surface area contributed by atoms with Crippen molar-refractivity contribution < 1.29 is 0 Å². The van der Waals surface area contributed by atoms with E-state index in [1.807, 2.05) is 0 Å². The van der Waals surface area contributed by atoms with Gasteiger partial charge in [-0.3, -0.25) is 0 Å². The van der Waals surface area contributed by atoms with Gasteiger partial charge in [-0.25, -0.2) is 0 Å². The highest BCUT2D eigenvalue weighted by Crippen LogP contribution is 2.57. The SMILES string of the molecule is CN1CCC(C2(CCN)CC2)CC1. The maximum absolute atomic E-state index is 5.68. The Bertz CT molecular complexity index is 167. The van der Waals surface area contributed by atoms with Crippen molar-refractivity contribution in [3.8, 4) is 0 Å². The van der Waals surface area contributed by atoms with Crippen LogP contribution in [0.2, 0.25) is 0 Å². The second kappa shape index (κ2) is 3.58. The Hall–Kier alpha value is -0.0800. The third-order valence-electron chi connectivity index (χ3n) is 4.12. The molecule has 0 bridgehead atoms. The first-order valence-electron chi connectivity index (χ1n) is 5.65. The maximum atomic E-state index is 5.68. The van der Waals surface area contributed by atoms with Gasteiger partial charge in [-0.1, -0.05) is 0 Å². The fourth-order valence-corrected chi connectivity index (χ4v) is 2.93. The van der Waals surface area contributed by atoms with Gasteiger partial charge in [-0.2, -0.15) is 0 Å². The summed E-state index contributed by atoms with van der Waals surface area (Å²) >= 11 is 0. The van der Waals surface area contributed by atoms with Gasteiger partial charge in [-0.15, -0.1) is 0 Å². The van der Waals surface area contributed by atoms with Gasteiger partial charge in [0.1, 0.15) is 0 Å². The molecule has 1 saturated carbocycles. The number of likely N-dealkylation sites (tertiary alicyclic amines) is 1. The van der Waals surface area contributed by atoms with Crippen LogP contribution < -0.4 is 5.73 Å². The Morgan fingerprint density at radius 3 is 2.38 bits per heavy atom. The molecular formula is C11H22N2. The minimum atomic E-state index is 0.704. The molecule has 2 N–H and O–H groups in total. The summed E-state index contributed by atoms with van der Waals surface area (Å²) in [7, 11) is 2.23. The second-order valence-corrected chi connectivity index (χ2v) is 4.98. The van der Waals surface area contributed by atoms with E-state index < -0.39 is 0 Å². The summed E-state index contributed by atoms with van der Waals surface area (Å²) in [5.74, 6) is 0.993. The summed E-state index contributed by atoms with van der Waals surface area (Å²) in [6, 6.07) is 0. The lowest BCUT2D eigenvalue weighted by Gasteiger charge is -2.34. The van der Waals surface area contributed by atoms with Crippen molar-refractivity contribution >= 4 is 0 Å². The predicted molar refractivity (Wildman–Crippen MR) is 55.6 cm³/mol. The van der Waals surface area contributed by atoms with Crippen molar-refractivity contribution in [3.63, 3.8) is 0 Å². The van der Waals surface area contributed by atoms with E-state index in [0.29, 0.717) is 5.41 Å². The van der Waals surface area contributed by atoms with E-state index in [0.717, 1.165) is 12.5 Å². The minimum Gasteiger partial charge on any atom is -0.330 e. The van der Waals surface area contributed by atoms with Crippen LogP contribution in [0.15, 0.2) is 0 Å². The monoisotopic (exact) mass is 182 g/mol. The average molecular weight is 182 g/mol. The normalized spacial score (nSPS) is 29.1. The van der Waals surface area contributed by atoms with Crippen molar-refractivity contribution in [3.05, 3.63) is 0 Å². The molecular weight excluding hydrogens is 160 g/mol. The molecule has 2 rings (SSSR count). The molecule has 0 unspecified atom stereocenters. The smallest absolute Gasteiger partial charge is 0.00189 e. The molecule has 2 nitrogen and oxygen atoms in total. The van der Waals surface area contributed by atoms with Crippen LogP contribution >= 0.6 is 0 Å². The van der Waals surface area contributed by atoms with Gasteiger partial charge in [0, 0.05) is 0 Å². The van der Waals surface area contributed by atoms with E-state index in [2.05, 4.69) is 11.9 Å². The van der Waals surface area contributed by atoms with Gasteiger partial charge in [0.15, 0.2) is 0 Å². The zero-order valence-corrected chi connectivity index (χ0v) is 8.76. The fraction of sp³-hybridized carbons (Fsp3) is 1.00. The first-order valence-corrected chi connectivity index (χ1v) is 5.65. The van der Waals surface area contributed by atoms with E-state index in [9.17, 15) is 0 Å². The Kier molecular flexibility index (Phi) is 2.61. The summed E-state index contributed by atoms with van der Waals surface area (Å²) in [6.45, 7) is 3.50. The lowest BCUT2D eigenvalue weighted by molar-refractivity contribution is 0.153. The van der Waals surface area contributed by atoms with E-state index in [-0.39, 0.29) is 0 Å². The van der Waals surface area contributed by atoms with Gasteiger partial charge in [0.2, 0.25) is 0 Å². The molecule has 1 heterocycles. The van der Waals surface area contributed by atoms with E-state index >= 15 is 0 Å². The molecule has 0 atom stereocenters. The van der Waals surface area contributed by atoms with Gasteiger partial charge in [0.05, 0.1) is 0 Å². The molecule has 0 spiro atoms. The quantitative estimate of drug-likeness (QED) is 0.716. The van der Waals surface area contributed by atoms with Crippen LogP contribution in [0.25, 0.3) is 0 Å². The standard InChI is InChI=1S/C11H22N2/c1-13-8-2-10(3-9-13)11(4-5-11)6-7-12/h10H,2-9,12H2,1H3. The summed E-state index contributed by atoms with van der Waals surface area (Å²) in [5.41, 5.74) is 6.38. The number of rotatable bonds is 3. The molecule has 13 heavy (non-hydrogen) atoms. The van der Waals surface area contributed by atoms with Crippen LogP contribution in [0.5, 0.6) is 0 Å². The molecule has 0 aromatic rings. The molecule has 0 amide bonds. The van der Waals surface area contributed by atoms with Crippen molar-refractivity contribution in [1.29, 1.82) is 0 Å². The largest absolute Gasteiger partial charge is 0.330 e. The number of hydrogen-bond acceptors (Lipinski definition) is 2. The van der Waals surface area contributed by atoms with Crippen LogP contribution in [-0.4, -0.2) is 31.6 Å².